The Kier molecular flexibility index (Phi) is 3.88. The van der Waals surface area contributed by atoms with Crippen LogP contribution in [0.4, 0.5) is 0 Å². The monoisotopic (exact) mass is 297 g/mol. The van der Waals surface area contributed by atoms with Crippen molar-refractivity contribution >= 4 is 11.3 Å². The summed E-state index contributed by atoms with van der Waals surface area (Å²) in [6.07, 6.45) is 4.57. The van der Waals surface area contributed by atoms with Gasteiger partial charge in [0.2, 0.25) is 0 Å². The Hall–Kier alpha value is -1.94. The van der Waals surface area contributed by atoms with Crippen molar-refractivity contribution < 1.29 is 0 Å². The van der Waals surface area contributed by atoms with Gasteiger partial charge in [0, 0.05) is 29.6 Å². The molecule has 108 valence electrons. The molecule has 2 aromatic heterocycles. The largest absolute Gasteiger partial charge is 0.348 e. The van der Waals surface area contributed by atoms with Crippen molar-refractivity contribution in [3.63, 3.8) is 0 Å². The lowest BCUT2D eigenvalue weighted by Gasteiger charge is -2.18. The summed E-state index contributed by atoms with van der Waals surface area (Å²) in [7, 11) is 0. The lowest BCUT2D eigenvalue weighted by atomic mass is 9.87. The number of H-pyrrole nitrogens is 1. The summed E-state index contributed by atoms with van der Waals surface area (Å²) < 4.78 is 0. The van der Waals surface area contributed by atoms with Crippen LogP contribution in [0.3, 0.4) is 0 Å². The van der Waals surface area contributed by atoms with Gasteiger partial charge < -0.3 is 4.98 Å². The van der Waals surface area contributed by atoms with Gasteiger partial charge in [-0.1, -0.05) is 18.2 Å². The van der Waals surface area contributed by atoms with Crippen molar-refractivity contribution in [2.75, 3.05) is 0 Å². The lowest BCUT2D eigenvalue weighted by molar-refractivity contribution is 0.757. The molecule has 2 heterocycles. The summed E-state index contributed by atoms with van der Waals surface area (Å²) in [4.78, 5) is 12.1. The van der Waals surface area contributed by atoms with E-state index < -0.39 is 0 Å². The number of nitrogens with one attached hydrogen (secondary N) is 1. The van der Waals surface area contributed by atoms with Gasteiger partial charge >= 0.3 is 0 Å². The molecule has 0 radical (unpaired) electrons. The van der Waals surface area contributed by atoms with E-state index in [9.17, 15) is 0 Å². The zero-order valence-electron chi connectivity index (χ0n) is 12.6. The molecule has 0 unspecified atom stereocenters. The molecule has 3 rings (SSSR count). The van der Waals surface area contributed by atoms with Crippen LogP contribution in [0.5, 0.6) is 0 Å². The van der Waals surface area contributed by atoms with Crippen LogP contribution in [0.1, 0.15) is 39.0 Å². The predicted molar refractivity (Wildman–Crippen MR) is 86.9 cm³/mol. The third-order valence-electron chi connectivity index (χ3n) is 4.00. The third kappa shape index (κ3) is 2.90. The van der Waals surface area contributed by atoms with Gasteiger partial charge in [-0.25, -0.2) is 9.97 Å². The van der Waals surface area contributed by atoms with Crippen molar-refractivity contribution in [3.8, 4) is 0 Å². The van der Waals surface area contributed by atoms with Gasteiger partial charge in [-0.05, 0) is 37.5 Å². The smallest absolute Gasteiger partial charge is 0.0921 e. The van der Waals surface area contributed by atoms with E-state index in [0.29, 0.717) is 0 Å². The van der Waals surface area contributed by atoms with E-state index >= 15 is 0 Å². The number of aryl methyl sites for hydroxylation is 2. The Morgan fingerprint density at radius 2 is 2.10 bits per heavy atom. The van der Waals surface area contributed by atoms with Gasteiger partial charge in [0.15, 0.2) is 0 Å². The highest BCUT2D eigenvalue weighted by Crippen LogP contribution is 2.30. The molecule has 0 aliphatic heterocycles. The number of aromatic nitrogens is 3. The minimum atomic E-state index is 0.272. The second-order valence-electron chi connectivity index (χ2n) is 5.41. The summed E-state index contributed by atoms with van der Waals surface area (Å²) in [5, 5.41) is 3.28. The lowest BCUT2D eigenvalue weighted by Crippen LogP contribution is -2.08. The Labute approximate surface area is 129 Å². The first-order valence-electron chi connectivity index (χ1n) is 7.10. The van der Waals surface area contributed by atoms with Crippen molar-refractivity contribution in [3.05, 3.63) is 69.2 Å². The molecular formula is C17H19N3S. The minimum absolute atomic E-state index is 0.272. The van der Waals surface area contributed by atoms with Crippen LogP contribution >= 0.6 is 11.3 Å². The van der Waals surface area contributed by atoms with Gasteiger partial charge in [0.25, 0.3) is 0 Å². The van der Waals surface area contributed by atoms with E-state index in [1.54, 1.807) is 17.7 Å². The van der Waals surface area contributed by atoms with Gasteiger partial charge in [-0.15, -0.1) is 11.3 Å². The molecule has 0 fully saturated rings. The average molecular weight is 297 g/mol. The Bertz CT molecular complexity index is 728. The van der Waals surface area contributed by atoms with Gasteiger partial charge in [0.05, 0.1) is 17.0 Å². The molecule has 0 aliphatic carbocycles. The second kappa shape index (κ2) is 5.82. The number of hydrogen-bond acceptors (Lipinski definition) is 3. The number of imidazole rings is 1. The highest BCUT2D eigenvalue weighted by molar-refractivity contribution is 7.09. The molecular weight excluding hydrogens is 278 g/mol. The number of thiazole rings is 1. The highest BCUT2D eigenvalue weighted by Gasteiger charge is 2.20. The van der Waals surface area contributed by atoms with E-state index in [-0.39, 0.29) is 5.92 Å². The summed E-state index contributed by atoms with van der Waals surface area (Å²) in [5.74, 6) is 0.272. The van der Waals surface area contributed by atoms with E-state index in [2.05, 4.69) is 59.3 Å². The molecule has 1 N–H and O–H groups in total. The van der Waals surface area contributed by atoms with E-state index in [1.807, 2.05) is 6.20 Å². The number of hydrogen-bond donors (Lipinski definition) is 1. The van der Waals surface area contributed by atoms with Gasteiger partial charge in [-0.3, -0.25) is 0 Å². The standard InChI is InChI=1S/C17H19N3S/c1-11-5-4-6-15(12(11)2)16(17-8-18-10-19-17)7-14-9-21-13(3)20-14/h4-6,8-10,16H,7H2,1-3H3,(H,18,19)/t16-/m1/s1. The topological polar surface area (TPSA) is 41.6 Å². The molecule has 0 amide bonds. The van der Waals surface area contributed by atoms with Crippen LogP contribution in [0.25, 0.3) is 0 Å². The quantitative estimate of drug-likeness (QED) is 0.785. The molecule has 0 bridgehead atoms. The molecule has 0 saturated heterocycles. The molecule has 3 nitrogen and oxygen atoms in total. The molecule has 0 aliphatic rings. The van der Waals surface area contributed by atoms with Crippen LogP contribution in [-0.4, -0.2) is 15.0 Å². The zero-order valence-corrected chi connectivity index (χ0v) is 13.4. The zero-order chi connectivity index (χ0) is 14.8. The maximum Gasteiger partial charge on any atom is 0.0921 e. The van der Waals surface area contributed by atoms with Crippen LogP contribution < -0.4 is 0 Å². The van der Waals surface area contributed by atoms with Crippen LogP contribution in [-0.2, 0) is 6.42 Å². The van der Waals surface area contributed by atoms with Crippen LogP contribution in [0.2, 0.25) is 0 Å². The van der Waals surface area contributed by atoms with Gasteiger partial charge in [-0.2, -0.15) is 0 Å². The molecule has 0 saturated carbocycles. The number of benzene rings is 1. The molecule has 0 spiro atoms. The SMILES string of the molecule is Cc1nc(C[C@@H](c2cnc[nH]2)c2cccc(C)c2C)cs1. The average Bonchev–Trinajstić information content (AvgIpc) is 3.11. The maximum atomic E-state index is 4.62. The Morgan fingerprint density at radius 3 is 2.76 bits per heavy atom. The van der Waals surface area contributed by atoms with Crippen molar-refractivity contribution in [1.29, 1.82) is 0 Å². The molecule has 4 heteroatoms. The number of aromatic amines is 1. The van der Waals surface area contributed by atoms with E-state index in [0.717, 1.165) is 22.8 Å². The number of rotatable bonds is 4. The van der Waals surface area contributed by atoms with Crippen LogP contribution in [0.15, 0.2) is 36.1 Å². The normalized spacial score (nSPS) is 12.5. The molecule has 3 aromatic rings. The van der Waals surface area contributed by atoms with Crippen molar-refractivity contribution in [2.45, 2.75) is 33.1 Å². The fraction of sp³-hybridized carbons (Fsp3) is 0.294. The first-order chi connectivity index (χ1) is 10.1. The summed E-state index contributed by atoms with van der Waals surface area (Å²) in [5.41, 5.74) is 6.33. The highest BCUT2D eigenvalue weighted by atomic mass is 32.1. The Morgan fingerprint density at radius 1 is 1.24 bits per heavy atom. The van der Waals surface area contributed by atoms with Crippen LogP contribution in [0, 0.1) is 20.8 Å². The molecule has 21 heavy (non-hydrogen) atoms. The maximum absolute atomic E-state index is 4.62. The summed E-state index contributed by atoms with van der Waals surface area (Å²) in [6, 6.07) is 6.51. The third-order valence-corrected chi connectivity index (χ3v) is 4.82. The van der Waals surface area contributed by atoms with Gasteiger partial charge in [0.1, 0.15) is 0 Å². The first-order valence-corrected chi connectivity index (χ1v) is 7.98. The minimum Gasteiger partial charge on any atom is -0.348 e. The molecule has 1 aromatic carbocycles. The summed E-state index contributed by atoms with van der Waals surface area (Å²) in [6.45, 7) is 6.41. The fourth-order valence-electron chi connectivity index (χ4n) is 2.71. The number of nitrogens with zero attached hydrogens (tertiary/aromatic N) is 2. The second-order valence-corrected chi connectivity index (χ2v) is 6.47. The Balaban J connectivity index is 2.02. The van der Waals surface area contributed by atoms with Crippen molar-refractivity contribution in [1.82, 2.24) is 15.0 Å². The fourth-order valence-corrected chi connectivity index (χ4v) is 3.33. The van der Waals surface area contributed by atoms with E-state index in [4.69, 9.17) is 0 Å². The van der Waals surface area contributed by atoms with Crippen molar-refractivity contribution in [2.24, 2.45) is 0 Å². The van der Waals surface area contributed by atoms with E-state index in [1.165, 1.54) is 16.7 Å². The predicted octanol–water partition coefficient (Wildman–Crippen LogP) is 4.17. The summed E-state index contributed by atoms with van der Waals surface area (Å²) >= 11 is 1.71. The first kappa shape index (κ1) is 14.0. The molecule has 1 atom stereocenters.